The highest BCUT2D eigenvalue weighted by atomic mass is 19.1. The molecule has 1 saturated heterocycles. The van der Waals surface area contributed by atoms with Crippen molar-refractivity contribution < 1.29 is 9.18 Å². The first-order chi connectivity index (χ1) is 13.2. The molecule has 0 unspecified atom stereocenters. The van der Waals surface area contributed by atoms with Gasteiger partial charge >= 0.3 is 6.03 Å². The molecule has 148 valence electrons. The van der Waals surface area contributed by atoms with Gasteiger partial charge in [0.15, 0.2) is 0 Å². The molecule has 1 saturated carbocycles. The molecule has 0 radical (unpaired) electrons. The number of carbonyl (C=O) groups is 1. The van der Waals surface area contributed by atoms with Gasteiger partial charge in [0.2, 0.25) is 0 Å². The van der Waals surface area contributed by atoms with Crippen LogP contribution in [0.1, 0.15) is 50.5 Å². The Morgan fingerprint density at radius 1 is 1.07 bits per heavy atom. The van der Waals surface area contributed by atoms with Gasteiger partial charge in [0.1, 0.15) is 5.82 Å². The molecule has 3 rings (SSSR count). The average Bonchev–Trinajstić information content (AvgIpc) is 2.70. The maximum absolute atomic E-state index is 12.9. The molecule has 5 heteroatoms. The van der Waals surface area contributed by atoms with E-state index >= 15 is 0 Å². The first kappa shape index (κ1) is 19.9. The third-order valence-electron chi connectivity index (χ3n) is 5.62. The third kappa shape index (κ3) is 6.65. The minimum absolute atomic E-state index is 0.129. The number of hydrogen-bond donors (Lipinski definition) is 1. The molecule has 27 heavy (non-hydrogen) atoms. The molecule has 0 bridgehead atoms. The van der Waals surface area contributed by atoms with Crippen LogP contribution in [0, 0.1) is 5.82 Å². The van der Waals surface area contributed by atoms with Crippen LogP contribution in [0.25, 0.3) is 6.08 Å². The van der Waals surface area contributed by atoms with Crippen LogP contribution in [0.4, 0.5) is 9.18 Å². The van der Waals surface area contributed by atoms with E-state index in [2.05, 4.69) is 16.3 Å². The molecular formula is C22H32FN3O. The van der Waals surface area contributed by atoms with Crippen LogP contribution < -0.4 is 5.32 Å². The van der Waals surface area contributed by atoms with Crippen molar-refractivity contribution >= 4 is 12.1 Å². The zero-order valence-corrected chi connectivity index (χ0v) is 16.2. The second-order valence-electron chi connectivity index (χ2n) is 7.71. The second kappa shape index (κ2) is 10.5. The Kier molecular flexibility index (Phi) is 7.69. The predicted molar refractivity (Wildman–Crippen MR) is 108 cm³/mol. The van der Waals surface area contributed by atoms with Gasteiger partial charge in [0, 0.05) is 32.2 Å². The summed E-state index contributed by atoms with van der Waals surface area (Å²) in [6.07, 6.45) is 12.4. The Hall–Kier alpha value is -1.88. The zero-order chi connectivity index (χ0) is 18.9. The minimum atomic E-state index is -0.196. The molecule has 1 aliphatic carbocycles. The lowest BCUT2D eigenvalue weighted by Gasteiger charge is -2.36. The molecule has 1 aromatic carbocycles. The number of rotatable bonds is 6. The highest BCUT2D eigenvalue weighted by molar-refractivity contribution is 5.74. The molecule has 1 heterocycles. The number of benzene rings is 1. The van der Waals surface area contributed by atoms with Crippen molar-refractivity contribution in [1.82, 2.24) is 15.1 Å². The van der Waals surface area contributed by atoms with E-state index in [1.54, 1.807) is 12.1 Å². The van der Waals surface area contributed by atoms with Gasteiger partial charge in [-0.25, -0.2) is 9.18 Å². The molecule has 0 atom stereocenters. The summed E-state index contributed by atoms with van der Waals surface area (Å²) in [5.41, 5.74) is 1.04. The van der Waals surface area contributed by atoms with Crippen molar-refractivity contribution in [2.75, 3.05) is 32.7 Å². The molecule has 2 fully saturated rings. The molecular weight excluding hydrogens is 341 g/mol. The standard InChI is InChI=1S/C22H32FN3O/c23-20-12-10-19(11-13-20)7-3-2-6-14-25-15-17-26(18-16-25)22(27)24-21-8-4-1-5-9-21/h3,7,10-13,21H,1-2,4-6,8-9,14-18H2,(H,24,27). The Bertz CT molecular complexity index is 602. The fraction of sp³-hybridized carbons (Fsp3) is 0.591. The summed E-state index contributed by atoms with van der Waals surface area (Å²) in [5.74, 6) is -0.196. The maximum Gasteiger partial charge on any atom is 0.317 e. The van der Waals surface area contributed by atoms with Gasteiger partial charge < -0.3 is 10.2 Å². The fourth-order valence-electron chi connectivity index (χ4n) is 3.91. The number of hydrogen-bond acceptors (Lipinski definition) is 2. The quantitative estimate of drug-likeness (QED) is 0.756. The van der Waals surface area contributed by atoms with E-state index in [9.17, 15) is 9.18 Å². The molecule has 4 nitrogen and oxygen atoms in total. The summed E-state index contributed by atoms with van der Waals surface area (Å²) in [6, 6.07) is 7.08. The van der Waals surface area contributed by atoms with Crippen molar-refractivity contribution in [3.8, 4) is 0 Å². The number of amides is 2. The number of piperazine rings is 1. The highest BCUT2D eigenvalue weighted by Crippen LogP contribution is 2.17. The number of halogens is 1. The van der Waals surface area contributed by atoms with Crippen LogP contribution in [-0.2, 0) is 0 Å². The number of urea groups is 1. The number of unbranched alkanes of at least 4 members (excludes halogenated alkanes) is 1. The highest BCUT2D eigenvalue weighted by Gasteiger charge is 2.23. The number of carbonyl (C=O) groups excluding carboxylic acids is 1. The maximum atomic E-state index is 12.9. The van der Waals surface area contributed by atoms with Crippen LogP contribution in [0.3, 0.4) is 0 Å². The topological polar surface area (TPSA) is 35.6 Å². The molecule has 1 N–H and O–H groups in total. The Balaban J connectivity index is 1.29. The normalized spacial score (nSPS) is 19.5. The zero-order valence-electron chi connectivity index (χ0n) is 16.2. The summed E-state index contributed by atoms with van der Waals surface area (Å²) < 4.78 is 12.9. The first-order valence-corrected chi connectivity index (χ1v) is 10.4. The summed E-state index contributed by atoms with van der Waals surface area (Å²) in [6.45, 7) is 4.62. The second-order valence-corrected chi connectivity index (χ2v) is 7.71. The summed E-state index contributed by atoms with van der Waals surface area (Å²) in [4.78, 5) is 16.8. The number of allylic oxidation sites excluding steroid dienone is 1. The van der Waals surface area contributed by atoms with E-state index in [1.807, 2.05) is 11.0 Å². The summed E-state index contributed by atoms with van der Waals surface area (Å²) in [5, 5.41) is 3.22. The van der Waals surface area contributed by atoms with E-state index < -0.39 is 0 Å². The average molecular weight is 374 g/mol. The van der Waals surface area contributed by atoms with Crippen LogP contribution in [-0.4, -0.2) is 54.6 Å². The van der Waals surface area contributed by atoms with E-state index in [0.29, 0.717) is 6.04 Å². The van der Waals surface area contributed by atoms with Gasteiger partial charge in [0.05, 0.1) is 0 Å². The van der Waals surface area contributed by atoms with Crippen molar-refractivity contribution in [2.45, 2.75) is 51.0 Å². The van der Waals surface area contributed by atoms with Gasteiger partial charge in [-0.3, -0.25) is 4.90 Å². The van der Waals surface area contributed by atoms with Gasteiger partial charge in [-0.15, -0.1) is 0 Å². The first-order valence-electron chi connectivity index (χ1n) is 10.4. The molecule has 1 aliphatic heterocycles. The minimum Gasteiger partial charge on any atom is -0.335 e. The van der Waals surface area contributed by atoms with E-state index in [0.717, 1.165) is 64.0 Å². The van der Waals surface area contributed by atoms with Crippen molar-refractivity contribution in [3.05, 3.63) is 41.7 Å². The molecule has 0 spiro atoms. The van der Waals surface area contributed by atoms with Crippen LogP contribution >= 0.6 is 0 Å². The lowest BCUT2D eigenvalue weighted by atomic mass is 9.96. The lowest BCUT2D eigenvalue weighted by Crippen LogP contribution is -2.53. The van der Waals surface area contributed by atoms with Crippen molar-refractivity contribution in [2.24, 2.45) is 0 Å². The van der Waals surface area contributed by atoms with Crippen LogP contribution in [0.2, 0.25) is 0 Å². The smallest absolute Gasteiger partial charge is 0.317 e. The lowest BCUT2D eigenvalue weighted by molar-refractivity contribution is 0.135. The predicted octanol–water partition coefficient (Wildman–Crippen LogP) is 4.28. The molecule has 2 amide bonds. The number of nitrogens with zero attached hydrogens (tertiary/aromatic N) is 2. The SMILES string of the molecule is O=C(NC1CCCCC1)N1CCN(CCCC=Cc2ccc(F)cc2)CC1. The van der Waals surface area contributed by atoms with Gasteiger partial charge in [-0.1, -0.05) is 43.5 Å². The fourth-order valence-corrected chi connectivity index (χ4v) is 3.91. The third-order valence-corrected chi connectivity index (χ3v) is 5.62. The van der Waals surface area contributed by atoms with Gasteiger partial charge in [0.25, 0.3) is 0 Å². The summed E-state index contributed by atoms with van der Waals surface area (Å²) in [7, 11) is 0. The number of nitrogens with one attached hydrogen (secondary N) is 1. The Morgan fingerprint density at radius 3 is 2.48 bits per heavy atom. The molecule has 0 aromatic heterocycles. The largest absolute Gasteiger partial charge is 0.335 e. The van der Waals surface area contributed by atoms with Crippen LogP contribution in [0.15, 0.2) is 30.3 Å². The molecule has 2 aliphatic rings. The Morgan fingerprint density at radius 2 is 1.78 bits per heavy atom. The molecule has 1 aromatic rings. The van der Waals surface area contributed by atoms with Crippen molar-refractivity contribution in [3.63, 3.8) is 0 Å². The Labute approximate surface area is 162 Å². The van der Waals surface area contributed by atoms with Crippen LogP contribution in [0.5, 0.6) is 0 Å². The van der Waals surface area contributed by atoms with Gasteiger partial charge in [-0.2, -0.15) is 0 Å². The van der Waals surface area contributed by atoms with E-state index in [1.165, 1.54) is 31.4 Å². The van der Waals surface area contributed by atoms with Gasteiger partial charge in [-0.05, 0) is 49.9 Å². The van der Waals surface area contributed by atoms with Crippen molar-refractivity contribution in [1.29, 1.82) is 0 Å². The summed E-state index contributed by atoms with van der Waals surface area (Å²) >= 11 is 0. The van der Waals surface area contributed by atoms with E-state index in [-0.39, 0.29) is 11.8 Å². The van der Waals surface area contributed by atoms with E-state index in [4.69, 9.17) is 0 Å². The monoisotopic (exact) mass is 373 g/mol.